The van der Waals surface area contributed by atoms with Crippen molar-refractivity contribution in [2.75, 3.05) is 13.7 Å². The quantitative estimate of drug-likeness (QED) is 0.592. The Balaban J connectivity index is 2.71. The average Bonchev–Trinajstić information content (AvgIpc) is 2.55. The smallest absolute Gasteiger partial charge is 0.328 e. The summed E-state index contributed by atoms with van der Waals surface area (Å²) in [6.07, 6.45) is 4.45. The topological polar surface area (TPSA) is 64.6 Å². The van der Waals surface area contributed by atoms with Crippen molar-refractivity contribution in [1.82, 2.24) is 5.32 Å². The lowest BCUT2D eigenvalue weighted by atomic mass is 10.1. The zero-order chi connectivity index (χ0) is 16.4. The summed E-state index contributed by atoms with van der Waals surface area (Å²) in [6, 6.07) is 6.85. The van der Waals surface area contributed by atoms with Crippen molar-refractivity contribution in [2.45, 2.75) is 32.7 Å². The Morgan fingerprint density at radius 2 is 2.00 bits per heavy atom. The minimum atomic E-state index is -0.631. The second kappa shape index (κ2) is 9.60. The molecule has 0 aliphatic rings. The number of para-hydroxylation sites is 1. The van der Waals surface area contributed by atoms with Crippen LogP contribution in [0.25, 0.3) is 6.08 Å². The van der Waals surface area contributed by atoms with E-state index in [9.17, 15) is 9.59 Å². The lowest BCUT2D eigenvalue weighted by Gasteiger charge is -2.13. The maximum atomic E-state index is 11.9. The van der Waals surface area contributed by atoms with Crippen LogP contribution in [-0.4, -0.2) is 31.6 Å². The molecule has 0 aliphatic carbocycles. The number of esters is 1. The van der Waals surface area contributed by atoms with Gasteiger partial charge in [0.25, 0.3) is 0 Å². The largest absolute Gasteiger partial charge is 0.493 e. The predicted molar refractivity (Wildman–Crippen MR) is 85.5 cm³/mol. The first-order valence-electron chi connectivity index (χ1n) is 7.40. The molecule has 5 nitrogen and oxygen atoms in total. The fourth-order valence-corrected chi connectivity index (χ4v) is 1.82. The lowest BCUT2D eigenvalue weighted by molar-refractivity contribution is -0.144. The third-order valence-corrected chi connectivity index (χ3v) is 3.01. The van der Waals surface area contributed by atoms with E-state index in [-0.39, 0.29) is 5.91 Å². The Morgan fingerprint density at radius 3 is 2.64 bits per heavy atom. The zero-order valence-corrected chi connectivity index (χ0v) is 13.3. The molecule has 1 aromatic rings. The van der Waals surface area contributed by atoms with Crippen molar-refractivity contribution in [1.29, 1.82) is 0 Å². The maximum Gasteiger partial charge on any atom is 0.328 e. The Hall–Kier alpha value is -2.30. The number of rotatable bonds is 8. The average molecular weight is 305 g/mol. The van der Waals surface area contributed by atoms with Crippen LogP contribution in [0, 0.1) is 0 Å². The molecule has 1 aromatic carbocycles. The number of benzene rings is 1. The molecule has 0 saturated heterocycles. The van der Waals surface area contributed by atoms with Gasteiger partial charge < -0.3 is 14.8 Å². The van der Waals surface area contributed by atoms with Crippen molar-refractivity contribution in [2.24, 2.45) is 0 Å². The number of ether oxygens (including phenoxy) is 2. The monoisotopic (exact) mass is 305 g/mol. The van der Waals surface area contributed by atoms with Crippen molar-refractivity contribution in [3.63, 3.8) is 0 Å². The van der Waals surface area contributed by atoms with Crippen molar-refractivity contribution < 1.29 is 19.1 Å². The lowest BCUT2D eigenvalue weighted by Crippen LogP contribution is -2.40. The van der Waals surface area contributed by atoms with Crippen LogP contribution in [0.1, 0.15) is 32.3 Å². The second-order valence-electron chi connectivity index (χ2n) is 4.71. The minimum absolute atomic E-state index is 0.345. The highest BCUT2D eigenvalue weighted by Gasteiger charge is 2.17. The number of nitrogens with one attached hydrogen (secondary N) is 1. The predicted octanol–water partition coefficient (Wildman–Crippen LogP) is 2.56. The van der Waals surface area contributed by atoms with Gasteiger partial charge in [0.2, 0.25) is 5.91 Å². The Labute approximate surface area is 131 Å². The van der Waals surface area contributed by atoms with Crippen LogP contribution in [0.4, 0.5) is 0 Å². The molecule has 0 spiro atoms. The second-order valence-corrected chi connectivity index (χ2v) is 4.71. The minimum Gasteiger partial charge on any atom is -0.493 e. The van der Waals surface area contributed by atoms with E-state index in [0.29, 0.717) is 13.0 Å². The summed E-state index contributed by atoms with van der Waals surface area (Å²) in [7, 11) is 1.30. The highest BCUT2D eigenvalue weighted by atomic mass is 16.5. The summed E-state index contributed by atoms with van der Waals surface area (Å²) >= 11 is 0. The van der Waals surface area contributed by atoms with E-state index in [0.717, 1.165) is 17.7 Å². The van der Waals surface area contributed by atoms with Crippen LogP contribution in [0.2, 0.25) is 0 Å². The Kier molecular flexibility index (Phi) is 7.75. The zero-order valence-electron chi connectivity index (χ0n) is 13.3. The summed E-state index contributed by atoms with van der Waals surface area (Å²) in [6.45, 7) is 4.46. The molecule has 1 atom stereocenters. The van der Waals surface area contributed by atoms with E-state index in [1.165, 1.54) is 13.2 Å². The first-order valence-corrected chi connectivity index (χ1v) is 7.40. The van der Waals surface area contributed by atoms with E-state index >= 15 is 0 Å². The third-order valence-electron chi connectivity index (χ3n) is 3.01. The van der Waals surface area contributed by atoms with Crippen LogP contribution in [-0.2, 0) is 14.3 Å². The normalized spacial score (nSPS) is 12.0. The van der Waals surface area contributed by atoms with Gasteiger partial charge in [-0.05, 0) is 25.0 Å². The molecule has 0 saturated carbocycles. The summed E-state index contributed by atoms with van der Waals surface area (Å²) in [5.74, 6) is -0.0631. The van der Waals surface area contributed by atoms with Crippen LogP contribution in [0.5, 0.6) is 5.75 Å². The molecular weight excluding hydrogens is 282 g/mol. The summed E-state index contributed by atoms with van der Waals surface area (Å²) < 4.78 is 10.3. The molecule has 22 heavy (non-hydrogen) atoms. The standard InChI is InChI=1S/C17H23NO4/c1-4-12-22-15-9-7-6-8-13(15)10-11-16(19)18-14(5-2)17(20)21-3/h6-11,14H,4-5,12H2,1-3H3,(H,18,19)/b11-10+. The van der Waals surface area contributed by atoms with Crippen LogP contribution >= 0.6 is 0 Å². The fourth-order valence-electron chi connectivity index (χ4n) is 1.82. The van der Waals surface area contributed by atoms with Crippen LogP contribution in [0.3, 0.4) is 0 Å². The first-order chi connectivity index (χ1) is 10.6. The SMILES string of the molecule is CCCOc1ccccc1/C=C/C(=O)NC(CC)C(=O)OC. The van der Waals surface area contributed by atoms with Gasteiger partial charge in [0.1, 0.15) is 11.8 Å². The molecule has 5 heteroatoms. The van der Waals surface area contributed by atoms with Gasteiger partial charge in [0.05, 0.1) is 13.7 Å². The molecule has 0 radical (unpaired) electrons. The molecule has 0 aliphatic heterocycles. The van der Waals surface area contributed by atoms with E-state index in [1.54, 1.807) is 13.0 Å². The first kappa shape index (κ1) is 17.8. The summed E-state index contributed by atoms with van der Waals surface area (Å²) in [5.41, 5.74) is 0.817. The number of carbonyl (C=O) groups is 2. The van der Waals surface area contributed by atoms with E-state index in [4.69, 9.17) is 4.74 Å². The molecule has 1 unspecified atom stereocenters. The number of hydrogen-bond donors (Lipinski definition) is 1. The maximum absolute atomic E-state index is 11.9. The Morgan fingerprint density at radius 1 is 1.27 bits per heavy atom. The molecular formula is C17H23NO4. The van der Waals surface area contributed by atoms with Gasteiger partial charge >= 0.3 is 5.97 Å². The number of amides is 1. The summed E-state index contributed by atoms with van der Waals surface area (Å²) in [5, 5.41) is 2.61. The van der Waals surface area contributed by atoms with Crippen LogP contribution < -0.4 is 10.1 Å². The Bertz CT molecular complexity index is 525. The molecule has 0 bridgehead atoms. The van der Waals surface area contributed by atoms with E-state index in [1.807, 2.05) is 31.2 Å². The van der Waals surface area contributed by atoms with Crippen molar-refractivity contribution >= 4 is 18.0 Å². The molecule has 0 aromatic heterocycles. The van der Waals surface area contributed by atoms with E-state index < -0.39 is 12.0 Å². The van der Waals surface area contributed by atoms with Gasteiger partial charge in [-0.2, -0.15) is 0 Å². The highest BCUT2D eigenvalue weighted by Crippen LogP contribution is 2.19. The highest BCUT2D eigenvalue weighted by molar-refractivity contribution is 5.94. The number of methoxy groups -OCH3 is 1. The van der Waals surface area contributed by atoms with Gasteiger partial charge in [-0.3, -0.25) is 4.79 Å². The van der Waals surface area contributed by atoms with E-state index in [2.05, 4.69) is 10.1 Å². The third kappa shape index (κ3) is 5.60. The van der Waals surface area contributed by atoms with Crippen molar-refractivity contribution in [3.05, 3.63) is 35.9 Å². The molecule has 1 amide bonds. The van der Waals surface area contributed by atoms with Crippen molar-refractivity contribution in [3.8, 4) is 5.75 Å². The van der Waals surface area contributed by atoms with Crippen LogP contribution in [0.15, 0.2) is 30.3 Å². The van der Waals surface area contributed by atoms with Gasteiger partial charge in [-0.25, -0.2) is 4.79 Å². The molecule has 1 N–H and O–H groups in total. The molecule has 0 fully saturated rings. The summed E-state index contributed by atoms with van der Waals surface area (Å²) in [4.78, 5) is 23.3. The van der Waals surface area contributed by atoms with Gasteiger partial charge in [0.15, 0.2) is 0 Å². The number of carbonyl (C=O) groups excluding carboxylic acids is 2. The van der Waals surface area contributed by atoms with Gasteiger partial charge in [0, 0.05) is 11.6 Å². The molecule has 1 rings (SSSR count). The van der Waals surface area contributed by atoms with Gasteiger partial charge in [-0.15, -0.1) is 0 Å². The fraction of sp³-hybridized carbons (Fsp3) is 0.412. The van der Waals surface area contributed by atoms with Gasteiger partial charge in [-0.1, -0.05) is 32.0 Å². The molecule has 120 valence electrons. The molecule has 0 heterocycles. The number of hydrogen-bond acceptors (Lipinski definition) is 4.